The molecular weight excluding hydrogens is 366 g/mol. The molecule has 0 amide bonds. The number of guanidine groups is 1. The first-order valence-corrected chi connectivity index (χ1v) is 10.4. The third kappa shape index (κ3) is 5.01. The second-order valence-corrected chi connectivity index (χ2v) is 7.37. The molecule has 0 aliphatic carbocycles. The number of aliphatic imine (C=N–C) groups is 1. The Morgan fingerprint density at radius 3 is 2.79 bits per heavy atom. The maximum Gasteiger partial charge on any atom is 0.231 e. The maximum absolute atomic E-state index is 6.11. The second-order valence-electron chi connectivity index (χ2n) is 7.37. The summed E-state index contributed by atoms with van der Waals surface area (Å²) in [6, 6.07) is 16.5. The van der Waals surface area contributed by atoms with Crippen LogP contribution in [0, 0.1) is 5.92 Å². The maximum atomic E-state index is 6.11. The van der Waals surface area contributed by atoms with Crippen molar-refractivity contribution >= 4 is 5.96 Å². The Kier molecular flexibility index (Phi) is 6.52. The van der Waals surface area contributed by atoms with Crippen molar-refractivity contribution in [3.63, 3.8) is 0 Å². The number of ether oxygens (including phenoxy) is 3. The molecule has 1 fully saturated rings. The predicted octanol–water partition coefficient (Wildman–Crippen LogP) is 3.64. The highest BCUT2D eigenvalue weighted by Crippen LogP contribution is 2.33. The standard InChI is InChI=1S/C23H29N3O3/c1-2-24-23(25-14-17-10-11-20-21(13-17)29-16-28-20)26-15-19-9-6-12-27-22(19)18-7-4-3-5-8-18/h3-5,7-8,10-11,13,19,22H,2,6,9,12,14-16H2,1H3,(H2,24,25,26). The minimum atomic E-state index is 0.134. The highest BCUT2D eigenvalue weighted by molar-refractivity contribution is 5.79. The second kappa shape index (κ2) is 9.65. The van der Waals surface area contributed by atoms with Crippen LogP contribution in [0.15, 0.2) is 53.5 Å². The van der Waals surface area contributed by atoms with E-state index < -0.39 is 0 Å². The number of rotatable bonds is 6. The van der Waals surface area contributed by atoms with Crippen molar-refractivity contribution in [1.29, 1.82) is 0 Å². The van der Waals surface area contributed by atoms with Gasteiger partial charge in [-0.3, -0.25) is 0 Å². The summed E-state index contributed by atoms with van der Waals surface area (Å²) < 4.78 is 16.9. The van der Waals surface area contributed by atoms with Gasteiger partial charge in [-0.2, -0.15) is 0 Å². The summed E-state index contributed by atoms with van der Waals surface area (Å²) in [5, 5.41) is 6.86. The molecule has 2 atom stereocenters. The molecule has 6 heteroatoms. The lowest BCUT2D eigenvalue weighted by Crippen LogP contribution is -2.42. The molecule has 0 saturated carbocycles. The minimum Gasteiger partial charge on any atom is -0.454 e. The van der Waals surface area contributed by atoms with Crippen molar-refractivity contribution in [3.8, 4) is 11.5 Å². The SMILES string of the molecule is CCNC(=NCc1ccc2c(c1)OCO2)NCC1CCCOC1c1ccccc1. The van der Waals surface area contributed by atoms with Gasteiger partial charge in [0.15, 0.2) is 17.5 Å². The van der Waals surface area contributed by atoms with Crippen LogP contribution in [-0.4, -0.2) is 32.4 Å². The van der Waals surface area contributed by atoms with Crippen molar-refractivity contribution in [2.45, 2.75) is 32.4 Å². The summed E-state index contributed by atoms with van der Waals surface area (Å²) >= 11 is 0. The fourth-order valence-corrected chi connectivity index (χ4v) is 3.84. The van der Waals surface area contributed by atoms with E-state index in [0.717, 1.165) is 55.6 Å². The van der Waals surface area contributed by atoms with E-state index in [1.165, 1.54) is 5.56 Å². The Hall–Kier alpha value is -2.73. The number of hydrogen-bond acceptors (Lipinski definition) is 4. The van der Waals surface area contributed by atoms with Crippen LogP contribution in [0.5, 0.6) is 11.5 Å². The van der Waals surface area contributed by atoms with Gasteiger partial charge in [-0.05, 0) is 43.0 Å². The van der Waals surface area contributed by atoms with Crippen molar-refractivity contribution < 1.29 is 14.2 Å². The van der Waals surface area contributed by atoms with Gasteiger partial charge in [0.2, 0.25) is 6.79 Å². The van der Waals surface area contributed by atoms with Crippen LogP contribution in [0.25, 0.3) is 0 Å². The fourth-order valence-electron chi connectivity index (χ4n) is 3.84. The van der Waals surface area contributed by atoms with Crippen LogP contribution in [0.2, 0.25) is 0 Å². The van der Waals surface area contributed by atoms with Crippen molar-refractivity contribution in [3.05, 3.63) is 59.7 Å². The van der Waals surface area contributed by atoms with Crippen LogP contribution >= 0.6 is 0 Å². The summed E-state index contributed by atoms with van der Waals surface area (Å²) in [4.78, 5) is 4.75. The topological polar surface area (TPSA) is 64.1 Å². The number of hydrogen-bond donors (Lipinski definition) is 2. The molecule has 0 aromatic heterocycles. The van der Waals surface area contributed by atoms with E-state index in [9.17, 15) is 0 Å². The monoisotopic (exact) mass is 395 g/mol. The van der Waals surface area contributed by atoms with Crippen LogP contribution in [-0.2, 0) is 11.3 Å². The lowest BCUT2D eigenvalue weighted by atomic mass is 9.89. The molecule has 2 aromatic rings. The quantitative estimate of drug-likeness (QED) is 0.578. The molecule has 0 radical (unpaired) electrons. The van der Waals surface area contributed by atoms with E-state index in [4.69, 9.17) is 19.2 Å². The molecule has 2 unspecified atom stereocenters. The molecule has 4 rings (SSSR count). The zero-order valence-electron chi connectivity index (χ0n) is 16.9. The van der Waals surface area contributed by atoms with Crippen molar-refractivity contribution in [2.75, 3.05) is 26.5 Å². The molecular formula is C23H29N3O3. The average molecular weight is 396 g/mol. The number of nitrogens with one attached hydrogen (secondary N) is 2. The van der Waals surface area contributed by atoms with Crippen LogP contribution in [0.3, 0.4) is 0 Å². The Balaban J connectivity index is 1.39. The first-order valence-electron chi connectivity index (χ1n) is 10.4. The van der Waals surface area contributed by atoms with Gasteiger partial charge in [-0.15, -0.1) is 0 Å². The van der Waals surface area contributed by atoms with E-state index in [0.29, 0.717) is 12.5 Å². The number of nitrogens with zero attached hydrogens (tertiary/aromatic N) is 1. The Morgan fingerprint density at radius 2 is 1.93 bits per heavy atom. The van der Waals surface area contributed by atoms with E-state index >= 15 is 0 Å². The van der Waals surface area contributed by atoms with Gasteiger partial charge in [-0.25, -0.2) is 4.99 Å². The summed E-state index contributed by atoms with van der Waals surface area (Å²) in [5.74, 6) is 2.83. The van der Waals surface area contributed by atoms with Crippen molar-refractivity contribution in [1.82, 2.24) is 10.6 Å². The largest absolute Gasteiger partial charge is 0.454 e. The van der Waals surface area contributed by atoms with Gasteiger partial charge in [0.05, 0.1) is 12.6 Å². The minimum absolute atomic E-state index is 0.134. The smallest absolute Gasteiger partial charge is 0.231 e. The highest BCUT2D eigenvalue weighted by atomic mass is 16.7. The van der Waals surface area contributed by atoms with E-state index in [-0.39, 0.29) is 12.9 Å². The van der Waals surface area contributed by atoms with Crippen LogP contribution in [0.1, 0.15) is 37.0 Å². The average Bonchev–Trinajstić information content (AvgIpc) is 3.24. The molecule has 2 aromatic carbocycles. The molecule has 1 saturated heterocycles. The summed E-state index contributed by atoms with van der Waals surface area (Å²) in [6.07, 6.45) is 2.38. The van der Waals surface area contributed by atoms with Gasteiger partial charge < -0.3 is 24.8 Å². The molecule has 2 heterocycles. The highest BCUT2D eigenvalue weighted by Gasteiger charge is 2.27. The third-order valence-electron chi connectivity index (χ3n) is 5.31. The number of fused-ring (bicyclic) bond motifs is 1. The zero-order valence-corrected chi connectivity index (χ0v) is 16.9. The molecule has 2 aliphatic heterocycles. The van der Waals surface area contributed by atoms with E-state index in [1.54, 1.807) is 0 Å². The predicted molar refractivity (Wildman–Crippen MR) is 113 cm³/mol. The van der Waals surface area contributed by atoms with Crippen LogP contribution in [0.4, 0.5) is 0 Å². The van der Waals surface area contributed by atoms with E-state index in [2.05, 4.69) is 41.8 Å². The molecule has 2 N–H and O–H groups in total. The number of benzene rings is 2. The molecule has 0 bridgehead atoms. The summed E-state index contributed by atoms with van der Waals surface area (Å²) in [7, 11) is 0. The first-order chi connectivity index (χ1) is 14.3. The van der Waals surface area contributed by atoms with Crippen LogP contribution < -0.4 is 20.1 Å². The molecule has 29 heavy (non-hydrogen) atoms. The molecule has 2 aliphatic rings. The van der Waals surface area contributed by atoms with E-state index in [1.807, 2.05) is 24.3 Å². The Bertz CT molecular complexity index is 825. The first kappa shape index (κ1) is 19.6. The van der Waals surface area contributed by atoms with Gasteiger partial charge >= 0.3 is 0 Å². The lowest BCUT2D eigenvalue weighted by molar-refractivity contribution is -0.0265. The van der Waals surface area contributed by atoms with Gasteiger partial charge in [0.1, 0.15) is 0 Å². The Labute approximate surface area is 172 Å². The normalized spacial score (nSPS) is 21.1. The molecule has 6 nitrogen and oxygen atoms in total. The molecule has 0 spiro atoms. The van der Waals surface area contributed by atoms with Gasteiger partial charge in [-0.1, -0.05) is 36.4 Å². The Morgan fingerprint density at radius 1 is 1.07 bits per heavy atom. The summed E-state index contributed by atoms with van der Waals surface area (Å²) in [6.45, 7) is 5.42. The van der Waals surface area contributed by atoms with Gasteiger partial charge in [0.25, 0.3) is 0 Å². The third-order valence-corrected chi connectivity index (χ3v) is 5.31. The summed E-state index contributed by atoms with van der Waals surface area (Å²) in [5.41, 5.74) is 2.34. The van der Waals surface area contributed by atoms with Crippen molar-refractivity contribution in [2.24, 2.45) is 10.9 Å². The lowest BCUT2D eigenvalue weighted by Gasteiger charge is -2.32. The fraction of sp³-hybridized carbons (Fsp3) is 0.435. The van der Waals surface area contributed by atoms with Gasteiger partial charge in [0, 0.05) is 25.6 Å². The zero-order chi connectivity index (χ0) is 19.9. The molecule has 154 valence electrons.